The molecule has 0 unspecified atom stereocenters. The van der Waals surface area contributed by atoms with Gasteiger partial charge < -0.3 is 9.88 Å². The standard InChI is InChI=1S/C17H15N3O2S2/c21-15-13-6-3-10(8-14(13)18-17(23)19-15)16(22)20(11-4-5-11)9-12-2-1-7-24-12/h1-3,6-8,11H,4-5,9H2,(H2,18,19,21,23). The van der Waals surface area contributed by atoms with Crippen molar-refractivity contribution in [2.75, 3.05) is 0 Å². The number of nitrogens with zero attached hydrogens (tertiary/aromatic N) is 1. The molecule has 0 saturated heterocycles. The largest absolute Gasteiger partial charge is 0.332 e. The highest BCUT2D eigenvalue weighted by Gasteiger charge is 2.33. The second kappa shape index (κ2) is 5.99. The van der Waals surface area contributed by atoms with Crippen molar-refractivity contribution in [2.24, 2.45) is 0 Å². The van der Waals surface area contributed by atoms with Crippen LogP contribution in [0.25, 0.3) is 10.9 Å². The molecule has 2 aromatic heterocycles. The third-order valence-corrected chi connectivity index (χ3v) is 5.21. The molecule has 2 N–H and O–H groups in total. The Morgan fingerprint density at radius 1 is 1.29 bits per heavy atom. The lowest BCUT2D eigenvalue weighted by atomic mass is 10.1. The van der Waals surface area contributed by atoms with E-state index in [1.165, 1.54) is 4.88 Å². The normalized spacial score (nSPS) is 14.0. The maximum absolute atomic E-state index is 13.0. The van der Waals surface area contributed by atoms with Crippen LogP contribution in [-0.2, 0) is 6.54 Å². The predicted molar refractivity (Wildman–Crippen MR) is 97.0 cm³/mol. The van der Waals surface area contributed by atoms with E-state index in [4.69, 9.17) is 12.2 Å². The Hall–Kier alpha value is -2.25. The number of rotatable bonds is 4. The van der Waals surface area contributed by atoms with Crippen LogP contribution in [0.2, 0.25) is 0 Å². The summed E-state index contributed by atoms with van der Waals surface area (Å²) in [7, 11) is 0. The van der Waals surface area contributed by atoms with Crippen LogP contribution in [0.3, 0.4) is 0 Å². The Bertz CT molecular complexity index is 1020. The Balaban J connectivity index is 1.70. The number of thiophene rings is 1. The van der Waals surface area contributed by atoms with Gasteiger partial charge in [-0.15, -0.1) is 11.3 Å². The number of aromatic amines is 2. The summed E-state index contributed by atoms with van der Waals surface area (Å²) in [4.78, 5) is 33.5. The molecule has 0 atom stereocenters. The molecule has 0 aliphatic heterocycles. The summed E-state index contributed by atoms with van der Waals surface area (Å²) >= 11 is 6.67. The highest BCUT2D eigenvalue weighted by molar-refractivity contribution is 7.71. The molecule has 1 saturated carbocycles. The zero-order valence-corrected chi connectivity index (χ0v) is 14.4. The summed E-state index contributed by atoms with van der Waals surface area (Å²) in [6.07, 6.45) is 2.10. The van der Waals surface area contributed by atoms with E-state index >= 15 is 0 Å². The number of fused-ring (bicyclic) bond motifs is 1. The molecule has 122 valence electrons. The number of amides is 1. The van der Waals surface area contributed by atoms with Crippen LogP contribution in [0.1, 0.15) is 28.1 Å². The smallest absolute Gasteiger partial charge is 0.259 e. The van der Waals surface area contributed by atoms with Crippen LogP contribution in [-0.4, -0.2) is 26.8 Å². The Labute approximate surface area is 147 Å². The third-order valence-electron chi connectivity index (χ3n) is 4.14. The van der Waals surface area contributed by atoms with E-state index in [-0.39, 0.29) is 16.2 Å². The summed E-state index contributed by atoms with van der Waals surface area (Å²) in [5, 5.41) is 2.52. The van der Waals surface area contributed by atoms with Gasteiger partial charge in [0.05, 0.1) is 17.4 Å². The van der Waals surface area contributed by atoms with Gasteiger partial charge >= 0.3 is 0 Å². The van der Waals surface area contributed by atoms with Crippen LogP contribution in [0.5, 0.6) is 0 Å². The molecule has 4 rings (SSSR count). The van der Waals surface area contributed by atoms with Crippen LogP contribution >= 0.6 is 23.6 Å². The van der Waals surface area contributed by atoms with Gasteiger partial charge in [0.2, 0.25) is 0 Å². The highest BCUT2D eigenvalue weighted by atomic mass is 32.1. The van der Waals surface area contributed by atoms with Crippen LogP contribution in [0, 0.1) is 4.77 Å². The molecule has 3 aromatic rings. The van der Waals surface area contributed by atoms with Crippen LogP contribution in [0.4, 0.5) is 0 Å². The van der Waals surface area contributed by atoms with Crippen LogP contribution < -0.4 is 5.56 Å². The topological polar surface area (TPSA) is 69.0 Å². The van der Waals surface area contributed by atoms with Gasteiger partial charge in [0, 0.05) is 16.5 Å². The van der Waals surface area contributed by atoms with Gasteiger partial charge in [-0.1, -0.05) is 6.07 Å². The molecule has 0 spiro atoms. The minimum atomic E-state index is -0.245. The van der Waals surface area contributed by atoms with Gasteiger partial charge in [-0.05, 0) is 54.7 Å². The van der Waals surface area contributed by atoms with Gasteiger partial charge in [-0.2, -0.15) is 0 Å². The fourth-order valence-electron chi connectivity index (χ4n) is 2.79. The first-order valence-corrected chi connectivity index (χ1v) is 9.00. The maximum Gasteiger partial charge on any atom is 0.259 e. The Morgan fingerprint density at radius 3 is 2.83 bits per heavy atom. The second-order valence-electron chi connectivity index (χ2n) is 5.91. The first-order chi connectivity index (χ1) is 11.6. The number of benzene rings is 1. The van der Waals surface area contributed by atoms with Crippen molar-refractivity contribution in [2.45, 2.75) is 25.4 Å². The minimum absolute atomic E-state index is 0.00704. The van der Waals surface area contributed by atoms with Crippen molar-refractivity contribution < 1.29 is 4.79 Å². The fourth-order valence-corrected chi connectivity index (χ4v) is 3.70. The molecule has 1 fully saturated rings. The second-order valence-corrected chi connectivity index (χ2v) is 7.35. The van der Waals surface area contributed by atoms with Gasteiger partial charge in [-0.25, -0.2) is 0 Å². The number of hydrogen-bond donors (Lipinski definition) is 2. The van der Waals surface area contributed by atoms with Crippen molar-refractivity contribution >= 4 is 40.4 Å². The van der Waals surface area contributed by atoms with E-state index in [1.54, 1.807) is 29.5 Å². The van der Waals surface area contributed by atoms with Gasteiger partial charge in [0.15, 0.2) is 4.77 Å². The van der Waals surface area contributed by atoms with Crippen molar-refractivity contribution in [1.82, 2.24) is 14.9 Å². The van der Waals surface area contributed by atoms with E-state index in [1.807, 2.05) is 22.4 Å². The van der Waals surface area contributed by atoms with Crippen molar-refractivity contribution in [3.05, 3.63) is 61.3 Å². The molecule has 5 nitrogen and oxygen atoms in total. The SMILES string of the molecule is O=C(c1ccc2c(=O)[nH]c(=S)[nH]c2c1)N(Cc1cccs1)C1CC1. The van der Waals surface area contributed by atoms with Crippen LogP contribution in [0.15, 0.2) is 40.5 Å². The lowest BCUT2D eigenvalue weighted by Crippen LogP contribution is -2.32. The van der Waals surface area contributed by atoms with Gasteiger partial charge in [0.1, 0.15) is 0 Å². The van der Waals surface area contributed by atoms with E-state index in [0.717, 1.165) is 12.8 Å². The number of carbonyl (C=O) groups excluding carboxylic acids is 1. The summed E-state index contributed by atoms with van der Waals surface area (Å²) in [6.45, 7) is 0.630. The first kappa shape index (κ1) is 15.3. The molecule has 24 heavy (non-hydrogen) atoms. The van der Waals surface area contributed by atoms with Crippen molar-refractivity contribution in [3.8, 4) is 0 Å². The molecule has 1 aliphatic carbocycles. The molecule has 2 heterocycles. The summed E-state index contributed by atoms with van der Waals surface area (Å²) in [6, 6.07) is 9.45. The zero-order chi connectivity index (χ0) is 16.7. The fraction of sp³-hybridized carbons (Fsp3) is 0.235. The number of carbonyl (C=O) groups is 1. The molecule has 1 amide bonds. The van der Waals surface area contributed by atoms with E-state index in [2.05, 4.69) is 9.97 Å². The molecule has 1 aromatic carbocycles. The maximum atomic E-state index is 13.0. The zero-order valence-electron chi connectivity index (χ0n) is 12.7. The van der Waals surface area contributed by atoms with Crippen molar-refractivity contribution in [3.63, 3.8) is 0 Å². The summed E-state index contributed by atoms with van der Waals surface area (Å²) in [5.41, 5.74) is 0.911. The number of aromatic nitrogens is 2. The lowest BCUT2D eigenvalue weighted by Gasteiger charge is -2.22. The molecular formula is C17H15N3O2S2. The number of nitrogens with one attached hydrogen (secondary N) is 2. The molecule has 0 bridgehead atoms. The molecule has 7 heteroatoms. The monoisotopic (exact) mass is 357 g/mol. The predicted octanol–water partition coefficient (Wildman–Crippen LogP) is 3.45. The van der Waals surface area contributed by atoms with Gasteiger partial charge in [0.25, 0.3) is 11.5 Å². The third kappa shape index (κ3) is 2.92. The number of hydrogen-bond acceptors (Lipinski definition) is 4. The van der Waals surface area contributed by atoms with E-state index in [9.17, 15) is 9.59 Å². The van der Waals surface area contributed by atoms with Crippen molar-refractivity contribution in [1.29, 1.82) is 0 Å². The summed E-state index contributed by atoms with van der Waals surface area (Å²) < 4.78 is 0.259. The van der Waals surface area contributed by atoms with E-state index in [0.29, 0.717) is 29.1 Å². The quantitative estimate of drug-likeness (QED) is 0.703. The molecular weight excluding hydrogens is 342 g/mol. The first-order valence-electron chi connectivity index (χ1n) is 7.71. The average molecular weight is 357 g/mol. The lowest BCUT2D eigenvalue weighted by molar-refractivity contribution is 0.0732. The highest BCUT2D eigenvalue weighted by Crippen LogP contribution is 2.30. The summed E-state index contributed by atoms with van der Waals surface area (Å²) in [5.74, 6) is -0.00704. The molecule has 1 aliphatic rings. The van der Waals surface area contributed by atoms with E-state index < -0.39 is 0 Å². The minimum Gasteiger partial charge on any atom is -0.332 e. The molecule has 0 radical (unpaired) electrons. The average Bonchev–Trinajstić information content (AvgIpc) is 3.27. The number of H-pyrrole nitrogens is 2. The Kier molecular flexibility index (Phi) is 3.82. The van der Waals surface area contributed by atoms with Gasteiger partial charge in [-0.3, -0.25) is 14.6 Å². The Morgan fingerprint density at radius 2 is 2.12 bits per heavy atom.